The van der Waals surface area contributed by atoms with Crippen molar-refractivity contribution in [3.8, 4) is 0 Å². The Kier molecular flexibility index (Phi) is 11.6. The molecule has 10 nitrogen and oxygen atoms in total. The Morgan fingerprint density at radius 3 is 2.28 bits per heavy atom. The van der Waals surface area contributed by atoms with E-state index in [1.54, 1.807) is 0 Å². The van der Waals surface area contributed by atoms with Crippen LogP contribution in [0.15, 0.2) is 17.1 Å². The van der Waals surface area contributed by atoms with E-state index in [1.807, 2.05) is 0 Å². The van der Waals surface area contributed by atoms with Crippen LogP contribution in [-0.4, -0.2) is 62.5 Å². The molecule has 1 amide bonds. The summed E-state index contributed by atoms with van der Waals surface area (Å²) in [5.74, 6) is 0.00562. The van der Waals surface area contributed by atoms with Crippen LogP contribution in [0, 0.1) is 0 Å². The van der Waals surface area contributed by atoms with Gasteiger partial charge in [0.05, 0.1) is 13.2 Å². The van der Waals surface area contributed by atoms with Gasteiger partial charge in [-0.15, -0.1) is 0 Å². The molecule has 1 aromatic heterocycles. The van der Waals surface area contributed by atoms with E-state index >= 15 is 0 Å². The number of ether oxygens (including phenoxy) is 2. The van der Waals surface area contributed by atoms with Crippen molar-refractivity contribution in [1.82, 2.24) is 9.55 Å². The summed E-state index contributed by atoms with van der Waals surface area (Å²) in [6, 6.07) is 1.36. The monoisotopic (exact) mass is 455 g/mol. The van der Waals surface area contributed by atoms with Gasteiger partial charge in [-0.2, -0.15) is 4.98 Å². The van der Waals surface area contributed by atoms with Crippen LogP contribution in [0.5, 0.6) is 0 Å². The van der Waals surface area contributed by atoms with Crippen molar-refractivity contribution in [2.75, 3.05) is 18.5 Å². The first-order chi connectivity index (χ1) is 15.5. The van der Waals surface area contributed by atoms with Gasteiger partial charge in [-0.3, -0.25) is 9.88 Å². The third kappa shape index (κ3) is 8.16. The Bertz CT molecular complexity index is 742. The minimum atomic E-state index is -1.39. The Morgan fingerprint density at radius 1 is 1.09 bits per heavy atom. The van der Waals surface area contributed by atoms with Crippen molar-refractivity contribution >= 4 is 11.9 Å². The number of aliphatic hydroxyl groups is 3. The van der Waals surface area contributed by atoms with Gasteiger partial charge >= 0.3 is 11.8 Å². The molecule has 4 atom stereocenters. The van der Waals surface area contributed by atoms with E-state index in [9.17, 15) is 19.8 Å². The molecule has 0 spiro atoms. The van der Waals surface area contributed by atoms with Crippen LogP contribution >= 0.6 is 0 Å². The summed E-state index contributed by atoms with van der Waals surface area (Å²) < 4.78 is 11.4. The molecule has 2 heterocycles. The van der Waals surface area contributed by atoms with Gasteiger partial charge in [0, 0.05) is 6.20 Å². The van der Waals surface area contributed by atoms with E-state index in [1.165, 1.54) is 57.2 Å². The molecule has 1 aliphatic rings. The van der Waals surface area contributed by atoms with Gasteiger partial charge in [-0.05, 0) is 12.5 Å². The number of aromatic nitrogens is 2. The molecule has 1 aromatic rings. The third-order valence-electron chi connectivity index (χ3n) is 5.58. The van der Waals surface area contributed by atoms with Crippen LogP contribution in [0.25, 0.3) is 0 Å². The number of anilines is 1. The second-order valence-electron chi connectivity index (χ2n) is 8.17. The lowest BCUT2D eigenvalue weighted by atomic mass is 10.1. The molecular formula is C22H37N3O7. The van der Waals surface area contributed by atoms with E-state index in [2.05, 4.69) is 17.2 Å². The summed E-state index contributed by atoms with van der Waals surface area (Å²) in [5.41, 5.74) is -0.785. The summed E-state index contributed by atoms with van der Waals surface area (Å²) in [7, 11) is 0. The molecule has 0 saturated carbocycles. The molecule has 1 fully saturated rings. The molecule has 0 aliphatic carbocycles. The maximum atomic E-state index is 12.2. The second-order valence-corrected chi connectivity index (χ2v) is 8.17. The Hall–Kier alpha value is -2.01. The zero-order valence-corrected chi connectivity index (χ0v) is 18.8. The smallest absolute Gasteiger partial charge is 0.412 e. The normalized spacial score (nSPS) is 22.8. The van der Waals surface area contributed by atoms with E-state index in [0.717, 1.165) is 23.8 Å². The summed E-state index contributed by atoms with van der Waals surface area (Å²) in [5, 5.41) is 31.4. The minimum absolute atomic E-state index is 0.00562. The van der Waals surface area contributed by atoms with Gasteiger partial charge in [-0.1, -0.05) is 64.7 Å². The highest BCUT2D eigenvalue weighted by molar-refractivity contribution is 5.83. The average molecular weight is 456 g/mol. The van der Waals surface area contributed by atoms with Crippen molar-refractivity contribution in [2.24, 2.45) is 0 Å². The standard InChI is InChI=1S/C22H37N3O7/c1-2-3-4-5-6-7-8-9-10-11-14-31-22(30)24-17-12-13-25(21(29)23-17)20-19(28)18(27)16(15-26)32-20/h12-13,16,18-20,26-28H,2-11,14-15H2,1H3,(H,23,24,29,30)/t16-,18-,19+,20-/m1/s1. The largest absolute Gasteiger partial charge is 0.449 e. The van der Waals surface area contributed by atoms with Crippen molar-refractivity contribution in [3.05, 3.63) is 22.7 Å². The van der Waals surface area contributed by atoms with Crippen molar-refractivity contribution in [2.45, 2.75) is 95.7 Å². The molecule has 1 saturated heterocycles. The van der Waals surface area contributed by atoms with Gasteiger partial charge in [-0.25, -0.2) is 9.59 Å². The van der Waals surface area contributed by atoms with Crippen LogP contribution in [0.2, 0.25) is 0 Å². The lowest BCUT2D eigenvalue weighted by Gasteiger charge is -2.17. The quantitative estimate of drug-likeness (QED) is 0.313. The number of carbonyl (C=O) groups excluding carboxylic acids is 1. The van der Waals surface area contributed by atoms with E-state index in [-0.39, 0.29) is 5.82 Å². The van der Waals surface area contributed by atoms with E-state index in [4.69, 9.17) is 14.6 Å². The molecule has 10 heteroatoms. The highest BCUT2D eigenvalue weighted by atomic mass is 16.6. The van der Waals surface area contributed by atoms with Gasteiger partial charge in [0.15, 0.2) is 6.23 Å². The molecular weight excluding hydrogens is 418 g/mol. The van der Waals surface area contributed by atoms with Gasteiger partial charge < -0.3 is 24.8 Å². The number of nitrogens with zero attached hydrogens (tertiary/aromatic N) is 2. The van der Waals surface area contributed by atoms with Crippen molar-refractivity contribution < 1.29 is 29.6 Å². The van der Waals surface area contributed by atoms with Crippen LogP contribution < -0.4 is 11.0 Å². The fraction of sp³-hybridized carbons (Fsp3) is 0.773. The molecule has 0 bridgehead atoms. The van der Waals surface area contributed by atoms with Crippen molar-refractivity contribution in [3.63, 3.8) is 0 Å². The van der Waals surface area contributed by atoms with Crippen LogP contribution in [0.4, 0.5) is 10.6 Å². The summed E-state index contributed by atoms with van der Waals surface area (Å²) in [6.45, 7) is 2.01. The zero-order chi connectivity index (χ0) is 23.3. The molecule has 4 N–H and O–H groups in total. The Balaban J connectivity index is 1.65. The molecule has 2 rings (SSSR count). The van der Waals surface area contributed by atoms with Gasteiger partial charge in [0.25, 0.3) is 0 Å². The Morgan fingerprint density at radius 2 is 1.72 bits per heavy atom. The molecule has 32 heavy (non-hydrogen) atoms. The van der Waals surface area contributed by atoms with E-state index in [0.29, 0.717) is 6.61 Å². The first-order valence-corrected chi connectivity index (χ1v) is 11.6. The number of hydrogen-bond donors (Lipinski definition) is 4. The number of carbonyl (C=O) groups is 1. The third-order valence-corrected chi connectivity index (χ3v) is 5.58. The molecule has 1 aliphatic heterocycles. The summed E-state index contributed by atoms with van der Waals surface area (Å²) >= 11 is 0. The lowest BCUT2D eigenvalue weighted by molar-refractivity contribution is -0.0549. The number of aliphatic hydroxyl groups excluding tert-OH is 3. The first kappa shape index (κ1) is 26.2. The van der Waals surface area contributed by atoms with E-state index < -0.39 is 42.9 Å². The predicted molar refractivity (Wildman–Crippen MR) is 118 cm³/mol. The average Bonchev–Trinajstić information content (AvgIpc) is 3.06. The van der Waals surface area contributed by atoms with Crippen LogP contribution in [-0.2, 0) is 9.47 Å². The summed E-state index contributed by atoms with van der Waals surface area (Å²) in [4.78, 5) is 27.9. The SMILES string of the molecule is CCCCCCCCCCCCOC(=O)Nc1ccn([C@@H]2O[C@H](CO)[C@@H](O)[C@@H]2O)c(=O)n1. The Labute approximate surface area is 188 Å². The highest BCUT2D eigenvalue weighted by Crippen LogP contribution is 2.28. The fourth-order valence-electron chi connectivity index (χ4n) is 3.68. The maximum absolute atomic E-state index is 12.2. The fourth-order valence-corrected chi connectivity index (χ4v) is 3.68. The summed E-state index contributed by atoms with van der Waals surface area (Å²) in [6.07, 6.45) is 7.58. The number of rotatable bonds is 14. The van der Waals surface area contributed by atoms with Crippen LogP contribution in [0.3, 0.4) is 0 Å². The maximum Gasteiger partial charge on any atom is 0.412 e. The van der Waals surface area contributed by atoms with Crippen LogP contribution in [0.1, 0.15) is 77.4 Å². The predicted octanol–water partition coefficient (Wildman–Crippen LogP) is 2.32. The number of unbranched alkanes of at least 4 members (excludes halogenated alkanes) is 9. The molecule has 0 unspecified atom stereocenters. The van der Waals surface area contributed by atoms with Gasteiger partial charge in [0.1, 0.15) is 24.1 Å². The zero-order valence-electron chi connectivity index (χ0n) is 18.8. The lowest BCUT2D eigenvalue weighted by Crippen LogP contribution is -2.36. The first-order valence-electron chi connectivity index (χ1n) is 11.6. The second kappa shape index (κ2) is 14.2. The molecule has 0 radical (unpaired) electrons. The van der Waals surface area contributed by atoms with Crippen molar-refractivity contribution in [1.29, 1.82) is 0 Å². The number of amides is 1. The topological polar surface area (TPSA) is 143 Å². The number of hydrogen-bond acceptors (Lipinski definition) is 8. The minimum Gasteiger partial charge on any atom is -0.449 e. The highest BCUT2D eigenvalue weighted by Gasteiger charge is 2.43. The molecule has 0 aromatic carbocycles. The number of nitrogens with one attached hydrogen (secondary N) is 1. The van der Waals surface area contributed by atoms with Gasteiger partial charge in [0.2, 0.25) is 0 Å². The molecule has 182 valence electrons.